The second-order valence-corrected chi connectivity index (χ2v) is 5.50. The number of aromatic hydroxyl groups is 1. The van der Waals surface area contributed by atoms with Crippen molar-refractivity contribution >= 4 is 28.3 Å². The normalized spacial score (nSPS) is 23.2. The van der Waals surface area contributed by atoms with Crippen LogP contribution in [0.1, 0.15) is 13.8 Å². The molecule has 2 atom stereocenters. The molecule has 0 bridgehead atoms. The molecule has 3 heterocycles. The van der Waals surface area contributed by atoms with E-state index in [-0.39, 0.29) is 17.8 Å². The summed E-state index contributed by atoms with van der Waals surface area (Å²) < 4.78 is 5.52. The molecule has 0 radical (unpaired) electrons. The molecule has 0 aromatic carbocycles. The number of halogens is 1. The summed E-state index contributed by atoms with van der Waals surface area (Å²) in [5.41, 5.74) is 0.523. The highest BCUT2D eigenvalue weighted by Crippen LogP contribution is 2.32. The summed E-state index contributed by atoms with van der Waals surface area (Å²) in [5, 5.41) is 11.1. The van der Waals surface area contributed by atoms with Crippen LogP contribution in [0.3, 0.4) is 0 Å². The Morgan fingerprint density at radius 3 is 2.75 bits per heavy atom. The second kappa shape index (κ2) is 5.07. The number of hydrogen-bond donors (Lipinski definition) is 1. The second-order valence-electron chi connectivity index (χ2n) is 5.14. The minimum atomic E-state index is 0.167. The van der Waals surface area contributed by atoms with Crippen LogP contribution in [-0.4, -0.2) is 40.4 Å². The Labute approximate surface area is 122 Å². The fraction of sp³-hybridized carbons (Fsp3) is 0.429. The molecule has 0 aliphatic carbocycles. The number of fused-ring (bicyclic) bond motifs is 1. The van der Waals surface area contributed by atoms with E-state index in [1.165, 1.54) is 0 Å². The van der Waals surface area contributed by atoms with Crippen molar-refractivity contribution < 1.29 is 9.84 Å². The van der Waals surface area contributed by atoms with Crippen LogP contribution >= 0.6 is 11.6 Å². The molecule has 1 fully saturated rings. The standard InChI is InChI=1S/C14H16ClN3O2/c1-8-6-20-7-9(2)18(8)12-5-11(19)10-3-4-16-14(15)13(10)17-12/h3-5,8-9H,6-7H2,1-2H3,(H,17,19)/t8-,9+. The first-order chi connectivity index (χ1) is 9.58. The van der Waals surface area contributed by atoms with E-state index in [9.17, 15) is 5.11 Å². The van der Waals surface area contributed by atoms with E-state index in [1.807, 2.05) is 0 Å². The van der Waals surface area contributed by atoms with E-state index in [2.05, 4.69) is 28.7 Å². The predicted octanol–water partition coefficient (Wildman–Crippen LogP) is 2.60. The van der Waals surface area contributed by atoms with Gasteiger partial charge in [0.05, 0.1) is 25.3 Å². The molecule has 1 aliphatic heterocycles. The van der Waals surface area contributed by atoms with Crippen molar-refractivity contribution in [3.8, 4) is 5.75 Å². The van der Waals surface area contributed by atoms with Gasteiger partial charge in [0.2, 0.25) is 0 Å². The van der Waals surface area contributed by atoms with E-state index in [0.717, 1.165) is 0 Å². The maximum Gasteiger partial charge on any atom is 0.155 e. The van der Waals surface area contributed by atoms with Crippen LogP contribution in [0.15, 0.2) is 18.3 Å². The van der Waals surface area contributed by atoms with E-state index >= 15 is 0 Å². The molecule has 1 aliphatic rings. The van der Waals surface area contributed by atoms with Gasteiger partial charge in [-0.1, -0.05) is 11.6 Å². The van der Waals surface area contributed by atoms with Gasteiger partial charge in [-0.05, 0) is 19.9 Å². The van der Waals surface area contributed by atoms with Crippen LogP contribution in [-0.2, 0) is 4.74 Å². The van der Waals surface area contributed by atoms with Gasteiger partial charge in [-0.3, -0.25) is 0 Å². The zero-order chi connectivity index (χ0) is 14.3. The molecule has 0 saturated carbocycles. The number of hydrogen-bond acceptors (Lipinski definition) is 5. The van der Waals surface area contributed by atoms with Gasteiger partial charge in [-0.15, -0.1) is 0 Å². The molecule has 20 heavy (non-hydrogen) atoms. The van der Waals surface area contributed by atoms with Crippen LogP contribution in [0.2, 0.25) is 5.15 Å². The maximum absolute atomic E-state index is 10.2. The third-order valence-electron chi connectivity index (χ3n) is 3.58. The van der Waals surface area contributed by atoms with Gasteiger partial charge in [-0.25, -0.2) is 9.97 Å². The largest absolute Gasteiger partial charge is 0.507 e. The zero-order valence-corrected chi connectivity index (χ0v) is 12.1. The Hall–Kier alpha value is -1.59. The summed E-state index contributed by atoms with van der Waals surface area (Å²) in [7, 11) is 0. The van der Waals surface area contributed by atoms with Crippen molar-refractivity contribution in [3.05, 3.63) is 23.5 Å². The van der Waals surface area contributed by atoms with Crippen LogP contribution in [0.25, 0.3) is 10.9 Å². The smallest absolute Gasteiger partial charge is 0.155 e. The molecular formula is C14H16ClN3O2. The van der Waals surface area contributed by atoms with Gasteiger partial charge in [0.25, 0.3) is 0 Å². The number of ether oxygens (including phenoxy) is 1. The molecule has 0 amide bonds. The zero-order valence-electron chi connectivity index (χ0n) is 11.4. The monoisotopic (exact) mass is 293 g/mol. The fourth-order valence-electron chi connectivity index (χ4n) is 2.68. The quantitative estimate of drug-likeness (QED) is 0.819. The lowest BCUT2D eigenvalue weighted by Crippen LogP contribution is -2.50. The van der Waals surface area contributed by atoms with Crippen LogP contribution in [0, 0.1) is 0 Å². The first-order valence-electron chi connectivity index (χ1n) is 6.58. The topological polar surface area (TPSA) is 58.5 Å². The molecule has 1 N–H and O–H groups in total. The van der Waals surface area contributed by atoms with E-state index in [4.69, 9.17) is 16.3 Å². The lowest BCUT2D eigenvalue weighted by atomic mass is 10.1. The summed E-state index contributed by atoms with van der Waals surface area (Å²) in [6.07, 6.45) is 1.56. The summed E-state index contributed by atoms with van der Waals surface area (Å²) in [6, 6.07) is 3.77. The Balaban J connectivity index is 2.14. The maximum atomic E-state index is 10.2. The van der Waals surface area contributed by atoms with Crippen LogP contribution in [0.4, 0.5) is 5.82 Å². The number of anilines is 1. The molecule has 6 heteroatoms. The van der Waals surface area contributed by atoms with Gasteiger partial charge in [0.15, 0.2) is 5.15 Å². The van der Waals surface area contributed by atoms with Crippen molar-refractivity contribution in [1.82, 2.24) is 9.97 Å². The summed E-state index contributed by atoms with van der Waals surface area (Å²) in [4.78, 5) is 10.7. The third kappa shape index (κ3) is 2.17. The molecular weight excluding hydrogens is 278 g/mol. The first-order valence-corrected chi connectivity index (χ1v) is 6.96. The molecule has 0 spiro atoms. The van der Waals surface area contributed by atoms with Gasteiger partial charge < -0.3 is 14.7 Å². The minimum Gasteiger partial charge on any atom is -0.507 e. The predicted molar refractivity (Wildman–Crippen MR) is 78.4 cm³/mol. The Kier molecular flexibility index (Phi) is 3.40. The highest BCUT2D eigenvalue weighted by molar-refractivity contribution is 6.33. The molecule has 5 nitrogen and oxygen atoms in total. The van der Waals surface area contributed by atoms with Crippen LogP contribution < -0.4 is 4.90 Å². The van der Waals surface area contributed by atoms with Gasteiger partial charge in [0.1, 0.15) is 17.1 Å². The average Bonchev–Trinajstić information content (AvgIpc) is 2.40. The molecule has 106 valence electrons. The number of morpholine rings is 1. The third-order valence-corrected chi connectivity index (χ3v) is 3.86. The van der Waals surface area contributed by atoms with Crippen molar-refractivity contribution in [2.75, 3.05) is 18.1 Å². The number of nitrogens with zero attached hydrogens (tertiary/aromatic N) is 3. The highest BCUT2D eigenvalue weighted by Gasteiger charge is 2.27. The van der Waals surface area contributed by atoms with Crippen LogP contribution in [0.5, 0.6) is 5.75 Å². The molecule has 2 aromatic rings. The molecule has 0 unspecified atom stereocenters. The summed E-state index contributed by atoms with van der Waals surface area (Å²) >= 11 is 6.08. The van der Waals surface area contributed by atoms with E-state index < -0.39 is 0 Å². The van der Waals surface area contributed by atoms with Crippen molar-refractivity contribution in [2.24, 2.45) is 0 Å². The number of pyridine rings is 2. The lowest BCUT2D eigenvalue weighted by molar-refractivity contribution is 0.0752. The average molecular weight is 294 g/mol. The molecule has 3 rings (SSSR count). The summed E-state index contributed by atoms with van der Waals surface area (Å²) in [6.45, 7) is 5.43. The summed E-state index contributed by atoms with van der Waals surface area (Å²) in [5.74, 6) is 0.869. The van der Waals surface area contributed by atoms with Gasteiger partial charge in [-0.2, -0.15) is 0 Å². The fourth-order valence-corrected chi connectivity index (χ4v) is 2.88. The lowest BCUT2D eigenvalue weighted by Gasteiger charge is -2.39. The number of aromatic nitrogens is 2. The van der Waals surface area contributed by atoms with Crippen molar-refractivity contribution in [3.63, 3.8) is 0 Å². The Bertz CT molecular complexity index is 640. The SMILES string of the molecule is C[C@@H]1COC[C@H](C)N1c1cc(O)c2ccnc(Cl)c2n1. The molecule has 1 saturated heterocycles. The Morgan fingerprint density at radius 1 is 1.35 bits per heavy atom. The van der Waals surface area contributed by atoms with E-state index in [0.29, 0.717) is 35.1 Å². The number of rotatable bonds is 1. The molecule has 2 aromatic heterocycles. The highest BCUT2D eigenvalue weighted by atomic mass is 35.5. The van der Waals surface area contributed by atoms with Crippen molar-refractivity contribution in [1.29, 1.82) is 0 Å². The van der Waals surface area contributed by atoms with E-state index in [1.54, 1.807) is 18.3 Å². The van der Waals surface area contributed by atoms with Gasteiger partial charge >= 0.3 is 0 Å². The Morgan fingerprint density at radius 2 is 2.05 bits per heavy atom. The minimum absolute atomic E-state index is 0.167. The first kappa shape index (κ1) is 13.4. The van der Waals surface area contributed by atoms with Crippen molar-refractivity contribution in [2.45, 2.75) is 25.9 Å². The van der Waals surface area contributed by atoms with Gasteiger partial charge in [0, 0.05) is 17.6 Å².